The van der Waals surface area contributed by atoms with Gasteiger partial charge in [0.05, 0.1) is 0 Å². The van der Waals surface area contributed by atoms with Gasteiger partial charge < -0.3 is 9.67 Å². The molecule has 0 bridgehead atoms. The molecule has 1 N–H and O–H groups in total. The van der Waals surface area contributed by atoms with Crippen LogP contribution >= 0.6 is 11.8 Å². The highest BCUT2D eigenvalue weighted by atomic mass is 32.2. The van der Waals surface area contributed by atoms with Crippen LogP contribution in [-0.4, -0.2) is 19.9 Å². The van der Waals surface area contributed by atoms with Crippen LogP contribution in [0.2, 0.25) is 0 Å². The van der Waals surface area contributed by atoms with Crippen LogP contribution in [0, 0.1) is 6.92 Å². The number of benzene rings is 1. The zero-order valence-electron chi connectivity index (χ0n) is 11.3. The van der Waals surface area contributed by atoms with E-state index in [-0.39, 0.29) is 6.61 Å². The summed E-state index contributed by atoms with van der Waals surface area (Å²) in [5, 5.41) is 18.3. The average Bonchev–Trinajstić information content (AvgIpc) is 2.81. The summed E-state index contributed by atoms with van der Waals surface area (Å²) in [5.74, 6) is 1.52. The summed E-state index contributed by atoms with van der Waals surface area (Å²) in [6.07, 6.45) is 1.00. The Bertz CT molecular complexity index is 522. The van der Waals surface area contributed by atoms with Crippen molar-refractivity contribution in [2.24, 2.45) is 0 Å². The lowest BCUT2D eigenvalue weighted by atomic mass is 10.2. The van der Waals surface area contributed by atoms with Gasteiger partial charge in [0.1, 0.15) is 6.61 Å². The molecule has 2 rings (SSSR count). The van der Waals surface area contributed by atoms with Gasteiger partial charge in [-0.05, 0) is 18.9 Å². The van der Waals surface area contributed by atoms with E-state index in [9.17, 15) is 5.11 Å². The summed E-state index contributed by atoms with van der Waals surface area (Å²) in [6, 6.07) is 8.50. The minimum Gasteiger partial charge on any atom is -0.388 e. The third-order valence-electron chi connectivity index (χ3n) is 2.87. The van der Waals surface area contributed by atoms with Gasteiger partial charge in [-0.3, -0.25) is 0 Å². The van der Waals surface area contributed by atoms with Gasteiger partial charge in [-0.25, -0.2) is 0 Å². The molecule has 0 aliphatic rings. The minimum atomic E-state index is -0.0574. The maximum Gasteiger partial charge on any atom is 0.191 e. The van der Waals surface area contributed by atoms with E-state index in [4.69, 9.17) is 0 Å². The van der Waals surface area contributed by atoms with Gasteiger partial charge in [0.2, 0.25) is 0 Å². The summed E-state index contributed by atoms with van der Waals surface area (Å²) in [7, 11) is 0. The number of nitrogens with zero attached hydrogens (tertiary/aromatic N) is 3. The topological polar surface area (TPSA) is 50.9 Å². The lowest BCUT2D eigenvalue weighted by molar-refractivity contribution is 0.263. The Kier molecular flexibility index (Phi) is 4.99. The fourth-order valence-corrected chi connectivity index (χ4v) is 2.76. The Hall–Kier alpha value is -1.33. The van der Waals surface area contributed by atoms with Gasteiger partial charge in [-0.15, -0.1) is 10.2 Å². The molecule has 0 fully saturated rings. The Labute approximate surface area is 117 Å². The molecule has 0 amide bonds. The Morgan fingerprint density at radius 2 is 1.95 bits per heavy atom. The maximum absolute atomic E-state index is 9.24. The number of hydrogen-bond donors (Lipinski definition) is 1. The third-order valence-corrected chi connectivity index (χ3v) is 3.91. The molecular weight excluding hydrogens is 258 g/mol. The quantitative estimate of drug-likeness (QED) is 0.825. The predicted molar refractivity (Wildman–Crippen MR) is 77.0 cm³/mol. The summed E-state index contributed by atoms with van der Waals surface area (Å²) < 4.78 is 2.00. The van der Waals surface area contributed by atoms with E-state index in [1.165, 1.54) is 11.1 Å². The molecule has 0 saturated carbocycles. The second-order valence-electron chi connectivity index (χ2n) is 4.48. The van der Waals surface area contributed by atoms with E-state index in [2.05, 4.69) is 48.3 Å². The molecule has 0 unspecified atom stereocenters. The van der Waals surface area contributed by atoms with Crippen molar-refractivity contribution in [2.45, 2.75) is 44.3 Å². The fraction of sp³-hybridized carbons (Fsp3) is 0.429. The zero-order valence-corrected chi connectivity index (χ0v) is 12.2. The number of aliphatic hydroxyl groups excluding tert-OH is 1. The molecule has 1 aromatic heterocycles. The molecule has 0 spiro atoms. The molecule has 102 valence electrons. The van der Waals surface area contributed by atoms with Crippen LogP contribution < -0.4 is 0 Å². The normalized spacial score (nSPS) is 10.9. The number of aromatic nitrogens is 3. The molecule has 5 heteroatoms. The third kappa shape index (κ3) is 3.58. The Balaban J connectivity index is 2.06. The number of hydrogen-bond acceptors (Lipinski definition) is 4. The first kappa shape index (κ1) is 14.1. The van der Waals surface area contributed by atoms with Gasteiger partial charge in [0, 0.05) is 12.3 Å². The van der Waals surface area contributed by atoms with E-state index in [1.807, 2.05) is 4.57 Å². The van der Waals surface area contributed by atoms with Crippen LogP contribution in [0.3, 0.4) is 0 Å². The molecule has 0 saturated heterocycles. The van der Waals surface area contributed by atoms with E-state index in [1.54, 1.807) is 11.8 Å². The summed E-state index contributed by atoms with van der Waals surface area (Å²) >= 11 is 1.66. The number of aryl methyl sites for hydroxylation is 1. The lowest BCUT2D eigenvalue weighted by Crippen LogP contribution is -2.04. The van der Waals surface area contributed by atoms with Crippen LogP contribution in [0.25, 0.3) is 0 Å². The van der Waals surface area contributed by atoms with Crippen molar-refractivity contribution in [3.63, 3.8) is 0 Å². The van der Waals surface area contributed by atoms with Crippen molar-refractivity contribution in [2.75, 3.05) is 0 Å². The fourth-order valence-electron chi connectivity index (χ4n) is 1.82. The van der Waals surface area contributed by atoms with Gasteiger partial charge in [0.15, 0.2) is 11.0 Å². The maximum atomic E-state index is 9.24. The standard InChI is InChI=1S/C14H19N3OS/c1-3-8-17-13(9-18)15-16-14(17)19-10-12-6-4-11(2)5-7-12/h4-7,18H,3,8-10H2,1-2H3. The van der Waals surface area contributed by atoms with Crippen LogP contribution in [0.1, 0.15) is 30.3 Å². The Morgan fingerprint density at radius 1 is 1.21 bits per heavy atom. The number of aliphatic hydroxyl groups is 1. The van der Waals surface area contributed by atoms with E-state index < -0.39 is 0 Å². The average molecular weight is 277 g/mol. The summed E-state index contributed by atoms with van der Waals surface area (Å²) in [4.78, 5) is 0. The molecule has 1 aromatic carbocycles. The smallest absolute Gasteiger partial charge is 0.191 e. The predicted octanol–water partition coefficient (Wildman–Crippen LogP) is 2.78. The van der Waals surface area contributed by atoms with Gasteiger partial charge in [-0.2, -0.15) is 0 Å². The van der Waals surface area contributed by atoms with E-state index >= 15 is 0 Å². The summed E-state index contributed by atoms with van der Waals surface area (Å²) in [5.41, 5.74) is 2.54. The molecular formula is C14H19N3OS. The number of thioether (sulfide) groups is 1. The van der Waals surface area contributed by atoms with Crippen molar-refractivity contribution >= 4 is 11.8 Å². The second-order valence-corrected chi connectivity index (χ2v) is 5.43. The number of rotatable bonds is 6. The molecule has 4 nitrogen and oxygen atoms in total. The van der Waals surface area contributed by atoms with Crippen LogP contribution in [-0.2, 0) is 18.9 Å². The SMILES string of the molecule is CCCn1c(CO)nnc1SCc1ccc(C)cc1. The second kappa shape index (κ2) is 6.73. The molecule has 0 aliphatic heterocycles. The van der Waals surface area contributed by atoms with Gasteiger partial charge in [-0.1, -0.05) is 48.5 Å². The lowest BCUT2D eigenvalue weighted by Gasteiger charge is -2.07. The van der Waals surface area contributed by atoms with E-state index in [0.717, 1.165) is 23.9 Å². The highest BCUT2D eigenvalue weighted by Crippen LogP contribution is 2.22. The first-order valence-electron chi connectivity index (χ1n) is 6.46. The molecule has 1 heterocycles. The van der Waals surface area contributed by atoms with Crippen molar-refractivity contribution in [3.8, 4) is 0 Å². The summed E-state index contributed by atoms with van der Waals surface area (Å²) in [6.45, 7) is 4.98. The monoisotopic (exact) mass is 277 g/mol. The minimum absolute atomic E-state index is 0.0574. The van der Waals surface area contributed by atoms with Gasteiger partial charge >= 0.3 is 0 Å². The molecule has 2 aromatic rings. The molecule has 19 heavy (non-hydrogen) atoms. The molecule has 0 aliphatic carbocycles. The van der Waals surface area contributed by atoms with Crippen molar-refractivity contribution in [1.29, 1.82) is 0 Å². The van der Waals surface area contributed by atoms with Crippen molar-refractivity contribution in [3.05, 3.63) is 41.2 Å². The molecule has 0 atom stereocenters. The molecule has 0 radical (unpaired) electrons. The highest BCUT2D eigenvalue weighted by molar-refractivity contribution is 7.98. The van der Waals surface area contributed by atoms with Crippen LogP contribution in [0.5, 0.6) is 0 Å². The first-order valence-corrected chi connectivity index (χ1v) is 7.44. The van der Waals surface area contributed by atoms with Crippen LogP contribution in [0.15, 0.2) is 29.4 Å². The zero-order chi connectivity index (χ0) is 13.7. The largest absolute Gasteiger partial charge is 0.388 e. The first-order chi connectivity index (χ1) is 9.24. The van der Waals surface area contributed by atoms with Crippen molar-refractivity contribution in [1.82, 2.24) is 14.8 Å². The van der Waals surface area contributed by atoms with Crippen LogP contribution in [0.4, 0.5) is 0 Å². The van der Waals surface area contributed by atoms with Gasteiger partial charge in [0.25, 0.3) is 0 Å². The van der Waals surface area contributed by atoms with E-state index in [0.29, 0.717) is 5.82 Å². The van der Waals surface area contributed by atoms with Crippen molar-refractivity contribution < 1.29 is 5.11 Å². The highest BCUT2D eigenvalue weighted by Gasteiger charge is 2.11. The Morgan fingerprint density at radius 3 is 2.58 bits per heavy atom.